The van der Waals surface area contributed by atoms with Gasteiger partial charge < -0.3 is 15.5 Å². The van der Waals surface area contributed by atoms with Crippen molar-refractivity contribution in [1.29, 1.82) is 0 Å². The summed E-state index contributed by atoms with van der Waals surface area (Å²) >= 11 is 6.02. The van der Waals surface area contributed by atoms with Crippen LogP contribution in [-0.4, -0.2) is 57.7 Å². The minimum absolute atomic E-state index is 0.0555. The van der Waals surface area contributed by atoms with Crippen molar-refractivity contribution in [3.8, 4) is 16.9 Å². The van der Waals surface area contributed by atoms with E-state index in [4.69, 9.17) is 11.6 Å². The second-order valence-electron chi connectivity index (χ2n) is 10.5. The first-order valence-electron chi connectivity index (χ1n) is 13.1. The highest BCUT2D eigenvalue weighted by Gasteiger charge is 2.29. The van der Waals surface area contributed by atoms with Crippen LogP contribution in [0.5, 0.6) is 5.75 Å². The van der Waals surface area contributed by atoms with Gasteiger partial charge in [0.2, 0.25) is 0 Å². The quantitative estimate of drug-likeness (QED) is 0.326. The molecular formula is C29H33ClFN3O3. The van der Waals surface area contributed by atoms with Gasteiger partial charge in [-0.2, -0.15) is 0 Å². The fraction of sp³-hybridized carbons (Fsp3) is 0.448. The van der Waals surface area contributed by atoms with Crippen molar-refractivity contribution in [3.05, 3.63) is 52.9 Å². The summed E-state index contributed by atoms with van der Waals surface area (Å²) in [5.74, 6) is -0.805. The second kappa shape index (κ2) is 10.9. The third-order valence-corrected chi connectivity index (χ3v) is 8.28. The first-order valence-corrected chi connectivity index (χ1v) is 13.5. The average Bonchev–Trinajstić information content (AvgIpc) is 3.34. The van der Waals surface area contributed by atoms with Gasteiger partial charge in [-0.1, -0.05) is 17.7 Å². The van der Waals surface area contributed by atoms with Gasteiger partial charge in [0.1, 0.15) is 0 Å². The molecule has 5 rings (SSSR count). The number of fused-ring (bicyclic) bond motifs is 1. The number of aliphatic hydroxyl groups excluding tert-OH is 1. The van der Waals surface area contributed by atoms with Crippen molar-refractivity contribution in [2.45, 2.75) is 57.5 Å². The maximum absolute atomic E-state index is 14.2. The number of ketones is 1. The SMILES string of the molecule is CC(=O)c1cnc2ccc(-c3cc(F)c(O)c(Cl)c3)cc2c1N[C@H]1CC[C@H](CN2CCC[C@@H]2CO)CC1. The number of aromatic hydroxyl groups is 1. The number of anilines is 1. The van der Waals surface area contributed by atoms with E-state index in [0.29, 0.717) is 28.7 Å². The van der Waals surface area contributed by atoms with E-state index in [1.54, 1.807) is 6.20 Å². The lowest BCUT2D eigenvalue weighted by Crippen LogP contribution is -2.38. The molecule has 3 aromatic rings. The number of aliphatic hydroxyl groups is 1. The zero-order valence-corrected chi connectivity index (χ0v) is 21.8. The number of phenolic OH excluding ortho intramolecular Hbond substituents is 1. The van der Waals surface area contributed by atoms with Gasteiger partial charge in [-0.05, 0) is 93.3 Å². The summed E-state index contributed by atoms with van der Waals surface area (Å²) < 4.78 is 14.2. The molecular weight excluding hydrogens is 493 g/mol. The lowest BCUT2D eigenvalue weighted by Gasteiger charge is -2.34. The molecule has 37 heavy (non-hydrogen) atoms. The fourth-order valence-corrected chi connectivity index (χ4v) is 6.10. The van der Waals surface area contributed by atoms with Gasteiger partial charge in [0.15, 0.2) is 17.3 Å². The van der Waals surface area contributed by atoms with Crippen molar-refractivity contribution in [3.63, 3.8) is 0 Å². The Morgan fingerprint density at radius 1 is 1.16 bits per heavy atom. The highest BCUT2D eigenvalue weighted by atomic mass is 35.5. The van der Waals surface area contributed by atoms with Gasteiger partial charge in [-0.15, -0.1) is 0 Å². The number of pyridine rings is 1. The number of nitrogens with zero attached hydrogens (tertiary/aromatic N) is 2. The number of hydrogen-bond donors (Lipinski definition) is 3. The predicted molar refractivity (Wildman–Crippen MR) is 145 cm³/mol. The van der Waals surface area contributed by atoms with E-state index in [0.717, 1.165) is 68.2 Å². The Kier molecular flexibility index (Phi) is 7.65. The van der Waals surface area contributed by atoms with Gasteiger partial charge in [-0.25, -0.2) is 4.39 Å². The van der Waals surface area contributed by atoms with Crippen molar-refractivity contribution in [1.82, 2.24) is 9.88 Å². The normalized spacial score (nSPS) is 22.4. The number of rotatable bonds is 7. The van der Waals surface area contributed by atoms with E-state index in [1.807, 2.05) is 18.2 Å². The molecule has 2 heterocycles. The largest absolute Gasteiger partial charge is 0.504 e. The van der Waals surface area contributed by atoms with E-state index in [1.165, 1.54) is 19.1 Å². The Morgan fingerprint density at radius 2 is 1.95 bits per heavy atom. The smallest absolute Gasteiger partial charge is 0.170 e. The summed E-state index contributed by atoms with van der Waals surface area (Å²) in [6, 6.07) is 8.90. The third-order valence-electron chi connectivity index (χ3n) is 8.00. The van der Waals surface area contributed by atoms with E-state index in [-0.39, 0.29) is 23.5 Å². The van der Waals surface area contributed by atoms with Crippen molar-refractivity contribution >= 4 is 34.0 Å². The molecule has 196 valence electrons. The van der Waals surface area contributed by atoms with Gasteiger partial charge in [-0.3, -0.25) is 14.7 Å². The molecule has 2 aliphatic rings. The van der Waals surface area contributed by atoms with Crippen LogP contribution >= 0.6 is 11.6 Å². The van der Waals surface area contributed by atoms with Crippen LogP contribution in [0.4, 0.5) is 10.1 Å². The Morgan fingerprint density at radius 3 is 2.65 bits per heavy atom. The van der Waals surface area contributed by atoms with E-state index >= 15 is 0 Å². The van der Waals surface area contributed by atoms with E-state index in [2.05, 4.69) is 15.2 Å². The fourth-order valence-electron chi connectivity index (χ4n) is 5.89. The number of carbonyl (C=O) groups excluding carboxylic acids is 1. The lowest BCUT2D eigenvalue weighted by atomic mass is 9.85. The number of likely N-dealkylation sites (tertiary alicyclic amines) is 1. The van der Waals surface area contributed by atoms with E-state index in [9.17, 15) is 19.4 Å². The lowest BCUT2D eigenvalue weighted by molar-refractivity contribution is 0.101. The Bertz CT molecular complexity index is 1290. The van der Waals surface area contributed by atoms with Crippen molar-refractivity contribution < 1.29 is 19.4 Å². The molecule has 1 aliphatic heterocycles. The molecule has 6 nitrogen and oxygen atoms in total. The Hall–Kier alpha value is -2.74. The number of halogens is 2. The topological polar surface area (TPSA) is 85.7 Å². The minimum Gasteiger partial charge on any atom is -0.504 e. The maximum atomic E-state index is 14.2. The summed E-state index contributed by atoms with van der Waals surface area (Å²) in [5.41, 5.74) is 3.27. The number of hydrogen-bond acceptors (Lipinski definition) is 6. The monoisotopic (exact) mass is 525 g/mol. The minimum atomic E-state index is -0.785. The first-order chi connectivity index (χ1) is 17.8. The molecule has 2 fully saturated rings. The summed E-state index contributed by atoms with van der Waals surface area (Å²) in [6.45, 7) is 3.90. The molecule has 0 radical (unpaired) electrons. The molecule has 1 atom stereocenters. The molecule has 0 spiro atoms. The number of aromatic nitrogens is 1. The van der Waals surface area contributed by atoms with Crippen LogP contribution in [0.3, 0.4) is 0 Å². The van der Waals surface area contributed by atoms with Crippen LogP contribution in [-0.2, 0) is 0 Å². The highest BCUT2D eigenvalue weighted by molar-refractivity contribution is 6.32. The molecule has 1 aliphatic carbocycles. The van der Waals surface area contributed by atoms with Crippen LogP contribution in [0.2, 0.25) is 5.02 Å². The van der Waals surface area contributed by atoms with Gasteiger partial charge >= 0.3 is 0 Å². The third kappa shape index (κ3) is 5.44. The van der Waals surface area contributed by atoms with Crippen LogP contribution < -0.4 is 5.32 Å². The van der Waals surface area contributed by atoms with Crippen LogP contribution in [0.1, 0.15) is 55.8 Å². The zero-order chi connectivity index (χ0) is 26.1. The van der Waals surface area contributed by atoms with Crippen LogP contribution in [0.25, 0.3) is 22.0 Å². The summed E-state index contributed by atoms with van der Waals surface area (Å²) in [6.07, 6.45) is 8.07. The molecule has 3 N–H and O–H groups in total. The molecule has 0 unspecified atom stereocenters. The molecule has 1 saturated heterocycles. The number of nitrogens with one attached hydrogen (secondary N) is 1. The summed E-state index contributed by atoms with van der Waals surface area (Å²) in [7, 11) is 0. The molecule has 1 saturated carbocycles. The van der Waals surface area contributed by atoms with Gasteiger partial charge in [0, 0.05) is 30.2 Å². The highest BCUT2D eigenvalue weighted by Crippen LogP contribution is 2.37. The van der Waals surface area contributed by atoms with Crippen molar-refractivity contribution in [2.24, 2.45) is 5.92 Å². The molecule has 8 heteroatoms. The summed E-state index contributed by atoms with van der Waals surface area (Å²) in [5, 5.41) is 23.8. The second-order valence-corrected chi connectivity index (χ2v) is 10.9. The number of carbonyl (C=O) groups is 1. The Labute approximate surface area is 221 Å². The van der Waals surface area contributed by atoms with E-state index < -0.39 is 11.6 Å². The maximum Gasteiger partial charge on any atom is 0.170 e. The van der Waals surface area contributed by atoms with Crippen molar-refractivity contribution in [2.75, 3.05) is 25.0 Å². The Balaban J connectivity index is 1.39. The molecule has 1 aromatic heterocycles. The van der Waals surface area contributed by atoms with Crippen LogP contribution in [0.15, 0.2) is 36.5 Å². The molecule has 0 bridgehead atoms. The van der Waals surface area contributed by atoms with Crippen LogP contribution in [0, 0.1) is 11.7 Å². The standard InChI is InChI=1S/C29H33ClFN3O3/c1-17(36)24-14-32-27-9-6-19(20-12-25(30)29(37)26(31)13-20)11-23(27)28(24)33-21-7-4-18(5-8-21)15-34-10-2-3-22(34)16-35/h6,9,11-14,18,21-22,35,37H,2-5,7-8,10,15-16H2,1H3,(H,32,33)/t18-,21-,22-/m1/s1. The number of Topliss-reactive ketones (excluding diaryl/α,β-unsaturated/α-hetero) is 1. The number of benzene rings is 2. The summed E-state index contributed by atoms with van der Waals surface area (Å²) in [4.78, 5) is 19.5. The average molecular weight is 526 g/mol. The predicted octanol–water partition coefficient (Wildman–Crippen LogP) is 6.03. The zero-order valence-electron chi connectivity index (χ0n) is 21.0. The molecule has 2 aromatic carbocycles. The van der Waals surface area contributed by atoms with Gasteiger partial charge in [0.25, 0.3) is 0 Å². The number of phenols is 1. The van der Waals surface area contributed by atoms with Gasteiger partial charge in [0.05, 0.1) is 28.4 Å². The first kappa shape index (κ1) is 25.9. The molecule has 0 amide bonds.